The van der Waals surface area contributed by atoms with Crippen LogP contribution in [0.3, 0.4) is 0 Å². The van der Waals surface area contributed by atoms with E-state index in [4.69, 9.17) is 4.42 Å². The van der Waals surface area contributed by atoms with E-state index in [2.05, 4.69) is 10.3 Å². The number of anilines is 1. The van der Waals surface area contributed by atoms with Gasteiger partial charge in [0.25, 0.3) is 0 Å². The third-order valence-corrected chi connectivity index (χ3v) is 3.29. The van der Waals surface area contributed by atoms with Gasteiger partial charge in [-0.05, 0) is 18.2 Å². The van der Waals surface area contributed by atoms with Gasteiger partial charge in [0.1, 0.15) is 5.82 Å². The molecule has 1 heterocycles. The number of hydrogen-bond acceptors (Lipinski definition) is 3. The Kier molecular flexibility index (Phi) is 4.47. The first-order valence-corrected chi connectivity index (χ1v) is 7.26. The van der Waals surface area contributed by atoms with Crippen LogP contribution in [0.1, 0.15) is 12.3 Å². The fourth-order valence-corrected chi connectivity index (χ4v) is 2.17. The fraction of sp³-hybridized carbons (Fsp3) is 0.111. The molecule has 1 amide bonds. The highest BCUT2D eigenvalue weighted by Gasteiger charge is 2.09. The number of carbonyl (C=O) groups excluding carboxylic acids is 1. The predicted octanol–water partition coefficient (Wildman–Crippen LogP) is 4.05. The van der Waals surface area contributed by atoms with Crippen molar-refractivity contribution in [1.82, 2.24) is 4.98 Å². The van der Waals surface area contributed by atoms with Crippen molar-refractivity contribution in [3.63, 3.8) is 0 Å². The Morgan fingerprint density at radius 2 is 1.96 bits per heavy atom. The summed E-state index contributed by atoms with van der Waals surface area (Å²) >= 11 is 0. The van der Waals surface area contributed by atoms with Crippen molar-refractivity contribution < 1.29 is 13.6 Å². The first kappa shape index (κ1) is 15.0. The Labute approximate surface area is 133 Å². The molecule has 3 aromatic rings. The van der Waals surface area contributed by atoms with Gasteiger partial charge in [0.2, 0.25) is 5.91 Å². The molecule has 1 N–H and O–H groups in total. The van der Waals surface area contributed by atoms with E-state index in [9.17, 15) is 9.18 Å². The highest BCUT2D eigenvalue weighted by Crippen LogP contribution is 2.20. The number of aromatic nitrogens is 1. The van der Waals surface area contributed by atoms with Gasteiger partial charge in [-0.3, -0.25) is 4.79 Å². The zero-order valence-electron chi connectivity index (χ0n) is 12.3. The van der Waals surface area contributed by atoms with Crippen LogP contribution in [-0.4, -0.2) is 10.9 Å². The van der Waals surface area contributed by atoms with Gasteiger partial charge in [-0.25, -0.2) is 9.37 Å². The van der Waals surface area contributed by atoms with E-state index in [1.807, 2.05) is 30.3 Å². The second kappa shape index (κ2) is 6.87. The van der Waals surface area contributed by atoms with E-state index < -0.39 is 0 Å². The topological polar surface area (TPSA) is 55.1 Å². The Hall–Kier alpha value is -2.95. The summed E-state index contributed by atoms with van der Waals surface area (Å²) in [6.45, 7) is 0. The lowest BCUT2D eigenvalue weighted by Gasteiger charge is -2.04. The van der Waals surface area contributed by atoms with Crippen molar-refractivity contribution in [3.8, 4) is 11.3 Å². The van der Waals surface area contributed by atoms with Crippen molar-refractivity contribution in [2.75, 3.05) is 5.32 Å². The zero-order valence-corrected chi connectivity index (χ0v) is 12.3. The highest BCUT2D eigenvalue weighted by atomic mass is 19.1. The van der Waals surface area contributed by atoms with Crippen LogP contribution < -0.4 is 5.32 Å². The van der Waals surface area contributed by atoms with Crippen molar-refractivity contribution >= 4 is 11.6 Å². The summed E-state index contributed by atoms with van der Waals surface area (Å²) in [5.41, 5.74) is 1.38. The third kappa shape index (κ3) is 4.03. The largest absolute Gasteiger partial charge is 0.441 e. The van der Waals surface area contributed by atoms with Gasteiger partial charge in [-0.15, -0.1) is 0 Å². The number of aryl methyl sites for hydroxylation is 1. The van der Waals surface area contributed by atoms with E-state index in [-0.39, 0.29) is 18.1 Å². The molecule has 0 aliphatic heterocycles. The Balaban J connectivity index is 1.56. The van der Waals surface area contributed by atoms with Crippen molar-refractivity contribution in [1.29, 1.82) is 0 Å². The molecule has 2 aromatic carbocycles. The van der Waals surface area contributed by atoms with Crippen LogP contribution in [0.15, 0.2) is 65.2 Å². The number of nitrogens with one attached hydrogen (secondary N) is 1. The first-order chi connectivity index (χ1) is 11.2. The number of nitrogens with zero attached hydrogens (tertiary/aromatic N) is 1. The van der Waals surface area contributed by atoms with Crippen molar-refractivity contribution in [3.05, 3.63) is 72.5 Å². The summed E-state index contributed by atoms with van der Waals surface area (Å²) in [5, 5.41) is 2.64. The minimum Gasteiger partial charge on any atom is -0.441 e. The number of oxazole rings is 1. The van der Waals surface area contributed by atoms with E-state index in [1.165, 1.54) is 12.1 Å². The standard InChI is InChI=1S/C18H15FN2O2/c19-14-7-4-8-15(11-14)21-17(22)9-10-18-20-12-16(23-18)13-5-2-1-3-6-13/h1-8,11-12H,9-10H2,(H,21,22). The summed E-state index contributed by atoms with van der Waals surface area (Å²) in [6, 6.07) is 15.4. The second-order valence-corrected chi connectivity index (χ2v) is 5.04. The molecular weight excluding hydrogens is 295 g/mol. The molecule has 0 atom stereocenters. The molecule has 1 aromatic heterocycles. The number of hydrogen-bond donors (Lipinski definition) is 1. The van der Waals surface area contributed by atoms with E-state index in [1.54, 1.807) is 18.3 Å². The predicted molar refractivity (Wildman–Crippen MR) is 85.3 cm³/mol. The lowest BCUT2D eigenvalue weighted by Crippen LogP contribution is -2.12. The van der Waals surface area contributed by atoms with Crippen molar-refractivity contribution in [2.45, 2.75) is 12.8 Å². The zero-order chi connectivity index (χ0) is 16.1. The van der Waals surface area contributed by atoms with E-state index in [0.29, 0.717) is 23.8 Å². The number of halogens is 1. The maximum Gasteiger partial charge on any atom is 0.224 e. The molecule has 4 nitrogen and oxygen atoms in total. The smallest absolute Gasteiger partial charge is 0.224 e. The maximum atomic E-state index is 13.1. The molecule has 5 heteroatoms. The molecule has 23 heavy (non-hydrogen) atoms. The minimum atomic E-state index is -0.386. The quantitative estimate of drug-likeness (QED) is 0.773. The Bertz CT molecular complexity index is 800. The Morgan fingerprint density at radius 1 is 1.13 bits per heavy atom. The maximum absolute atomic E-state index is 13.1. The SMILES string of the molecule is O=C(CCc1ncc(-c2ccccc2)o1)Nc1cccc(F)c1. The van der Waals surface area contributed by atoms with Crippen LogP contribution in [0.4, 0.5) is 10.1 Å². The molecule has 0 unspecified atom stereocenters. The molecule has 0 radical (unpaired) electrons. The van der Waals surface area contributed by atoms with E-state index >= 15 is 0 Å². The molecule has 0 fully saturated rings. The van der Waals surface area contributed by atoms with Crippen LogP contribution in [0, 0.1) is 5.82 Å². The summed E-state index contributed by atoms with van der Waals surface area (Å²) in [6.07, 6.45) is 2.24. The summed E-state index contributed by atoms with van der Waals surface area (Å²) in [7, 11) is 0. The lowest BCUT2D eigenvalue weighted by molar-refractivity contribution is -0.116. The van der Waals surface area contributed by atoms with Gasteiger partial charge >= 0.3 is 0 Å². The third-order valence-electron chi connectivity index (χ3n) is 3.29. The van der Waals surface area contributed by atoms with Gasteiger partial charge in [0.05, 0.1) is 6.20 Å². The van der Waals surface area contributed by atoms with Gasteiger partial charge in [0, 0.05) is 24.1 Å². The highest BCUT2D eigenvalue weighted by molar-refractivity contribution is 5.90. The van der Waals surface area contributed by atoms with Crippen LogP contribution in [-0.2, 0) is 11.2 Å². The molecule has 0 bridgehead atoms. The monoisotopic (exact) mass is 310 g/mol. The molecular formula is C18H15FN2O2. The molecule has 0 saturated heterocycles. The Morgan fingerprint density at radius 3 is 2.74 bits per heavy atom. The van der Waals surface area contributed by atoms with Crippen LogP contribution in [0.25, 0.3) is 11.3 Å². The molecule has 3 rings (SSSR count). The second-order valence-electron chi connectivity index (χ2n) is 5.04. The molecule has 0 aliphatic carbocycles. The molecule has 116 valence electrons. The minimum absolute atomic E-state index is 0.213. The van der Waals surface area contributed by atoms with Crippen LogP contribution in [0.5, 0.6) is 0 Å². The number of carbonyl (C=O) groups is 1. The number of benzene rings is 2. The van der Waals surface area contributed by atoms with Gasteiger partial charge < -0.3 is 9.73 Å². The van der Waals surface area contributed by atoms with Crippen LogP contribution in [0.2, 0.25) is 0 Å². The van der Waals surface area contributed by atoms with Crippen molar-refractivity contribution in [2.24, 2.45) is 0 Å². The molecule has 0 saturated carbocycles. The first-order valence-electron chi connectivity index (χ1n) is 7.26. The summed E-state index contributed by atoms with van der Waals surface area (Å²) in [5.74, 6) is 0.572. The fourth-order valence-electron chi connectivity index (χ4n) is 2.17. The average Bonchev–Trinajstić information content (AvgIpc) is 3.03. The number of amides is 1. The molecule has 0 spiro atoms. The summed E-state index contributed by atoms with van der Waals surface area (Å²) in [4.78, 5) is 16.0. The molecule has 0 aliphatic rings. The van der Waals surface area contributed by atoms with Crippen LogP contribution >= 0.6 is 0 Å². The van der Waals surface area contributed by atoms with E-state index in [0.717, 1.165) is 5.56 Å². The lowest BCUT2D eigenvalue weighted by atomic mass is 10.2. The number of rotatable bonds is 5. The normalized spacial score (nSPS) is 10.5. The van der Waals surface area contributed by atoms with Gasteiger partial charge in [-0.2, -0.15) is 0 Å². The summed E-state index contributed by atoms with van der Waals surface area (Å²) < 4.78 is 18.7. The average molecular weight is 310 g/mol. The van der Waals surface area contributed by atoms with Gasteiger partial charge in [0.15, 0.2) is 11.7 Å². The van der Waals surface area contributed by atoms with Gasteiger partial charge in [-0.1, -0.05) is 36.4 Å².